The van der Waals surface area contributed by atoms with Crippen molar-refractivity contribution < 1.29 is 4.39 Å². The van der Waals surface area contributed by atoms with Gasteiger partial charge in [-0.05, 0) is 41.5 Å². The summed E-state index contributed by atoms with van der Waals surface area (Å²) < 4.78 is 14.2. The van der Waals surface area contributed by atoms with Crippen molar-refractivity contribution in [2.75, 3.05) is 0 Å². The monoisotopic (exact) mass is 332 g/mol. The van der Waals surface area contributed by atoms with Crippen LogP contribution in [0.2, 0.25) is 5.02 Å². The zero-order valence-corrected chi connectivity index (χ0v) is 15.0. The van der Waals surface area contributed by atoms with Crippen LogP contribution < -0.4 is 0 Å². The molecule has 2 nitrogen and oxygen atoms in total. The summed E-state index contributed by atoms with van der Waals surface area (Å²) in [5.74, 6) is 0.00335. The molecule has 0 saturated heterocycles. The van der Waals surface area contributed by atoms with E-state index in [-0.39, 0.29) is 16.6 Å². The molecule has 0 bridgehead atoms. The van der Waals surface area contributed by atoms with Crippen molar-refractivity contribution in [3.05, 3.63) is 46.4 Å². The Morgan fingerprint density at radius 3 is 2.48 bits per heavy atom. The van der Waals surface area contributed by atoms with Crippen LogP contribution in [0.15, 0.2) is 24.3 Å². The molecule has 1 aliphatic rings. The summed E-state index contributed by atoms with van der Waals surface area (Å²) >= 11 is 6.19. The minimum Gasteiger partial charge on any atom is -0.206 e. The maximum absolute atomic E-state index is 14.2. The van der Waals surface area contributed by atoms with E-state index in [0.717, 1.165) is 12.1 Å². The first-order valence-electron chi connectivity index (χ1n) is 8.04. The number of rotatable bonds is 2. The summed E-state index contributed by atoms with van der Waals surface area (Å²) in [4.78, 5) is 0. The highest BCUT2D eigenvalue weighted by Crippen LogP contribution is 2.59. The van der Waals surface area contributed by atoms with E-state index in [1.54, 1.807) is 12.1 Å². The Kier molecular flexibility index (Phi) is 3.75. The van der Waals surface area contributed by atoms with Crippen LogP contribution >= 0.6 is 11.6 Å². The van der Waals surface area contributed by atoms with Gasteiger partial charge >= 0.3 is 0 Å². The van der Waals surface area contributed by atoms with E-state index in [2.05, 4.69) is 44.8 Å². The van der Waals surface area contributed by atoms with Crippen LogP contribution in [0.1, 0.15) is 58.2 Å². The molecule has 0 aliphatic heterocycles. The topological polar surface area (TPSA) is 25.8 Å². The van der Waals surface area contributed by atoms with Gasteiger partial charge in [0.25, 0.3) is 0 Å². The molecule has 0 radical (unpaired) electrons. The summed E-state index contributed by atoms with van der Waals surface area (Å²) in [6.07, 6.45) is 1.01. The molecule has 1 aromatic carbocycles. The quantitative estimate of drug-likeness (QED) is 0.700. The molecule has 2 aromatic rings. The standard InChI is InChI=1S/C19H22ClFN2/c1-6-12-11-10-15(16-13(20)8-7-9-14(16)21)22-23-17(11)19(4,5)18(12,2)3/h7-10,12H,6H2,1-5H3/t12-/m1/s1. The van der Waals surface area contributed by atoms with Crippen molar-refractivity contribution >= 4 is 11.6 Å². The fourth-order valence-electron chi connectivity index (χ4n) is 3.88. The third-order valence-electron chi connectivity index (χ3n) is 5.90. The van der Waals surface area contributed by atoms with Gasteiger partial charge in [0, 0.05) is 5.41 Å². The third-order valence-corrected chi connectivity index (χ3v) is 6.21. The van der Waals surface area contributed by atoms with Gasteiger partial charge in [-0.25, -0.2) is 4.39 Å². The fraction of sp³-hybridized carbons (Fsp3) is 0.474. The first-order chi connectivity index (χ1) is 10.7. The minimum atomic E-state index is -0.365. The van der Waals surface area contributed by atoms with Gasteiger partial charge in [0.15, 0.2) is 0 Å². The molecule has 0 N–H and O–H groups in total. The summed E-state index contributed by atoms with van der Waals surface area (Å²) in [5, 5.41) is 9.15. The molecular weight excluding hydrogens is 311 g/mol. The van der Waals surface area contributed by atoms with Crippen LogP contribution in [-0.2, 0) is 5.41 Å². The number of halogens is 2. The maximum atomic E-state index is 14.2. The molecule has 23 heavy (non-hydrogen) atoms. The van der Waals surface area contributed by atoms with Crippen LogP contribution in [0.3, 0.4) is 0 Å². The number of benzene rings is 1. The molecule has 1 heterocycles. The van der Waals surface area contributed by atoms with Crippen molar-refractivity contribution in [2.45, 2.75) is 52.4 Å². The van der Waals surface area contributed by atoms with E-state index in [4.69, 9.17) is 11.6 Å². The molecule has 0 unspecified atom stereocenters. The largest absolute Gasteiger partial charge is 0.206 e. The molecule has 1 aliphatic carbocycles. The molecule has 4 heteroatoms. The van der Waals surface area contributed by atoms with Crippen molar-refractivity contribution in [2.24, 2.45) is 5.41 Å². The van der Waals surface area contributed by atoms with E-state index in [9.17, 15) is 4.39 Å². The smallest absolute Gasteiger partial charge is 0.134 e. The Labute approximate surface area is 142 Å². The predicted molar refractivity (Wildman–Crippen MR) is 92.3 cm³/mol. The van der Waals surface area contributed by atoms with Crippen LogP contribution in [0.5, 0.6) is 0 Å². The maximum Gasteiger partial charge on any atom is 0.134 e. The van der Waals surface area contributed by atoms with Crippen LogP contribution in [-0.4, -0.2) is 10.2 Å². The van der Waals surface area contributed by atoms with Gasteiger partial charge in [0.1, 0.15) is 5.82 Å². The van der Waals surface area contributed by atoms with Crippen molar-refractivity contribution in [3.8, 4) is 11.3 Å². The summed E-state index contributed by atoms with van der Waals surface area (Å²) in [5.41, 5.74) is 3.03. The first-order valence-corrected chi connectivity index (χ1v) is 8.42. The Balaban J connectivity index is 2.22. The van der Waals surface area contributed by atoms with Crippen LogP contribution in [0.25, 0.3) is 11.3 Å². The molecular formula is C19H22ClFN2. The molecule has 0 amide bonds. The lowest BCUT2D eigenvalue weighted by molar-refractivity contribution is 0.175. The molecule has 0 fully saturated rings. The summed E-state index contributed by atoms with van der Waals surface area (Å²) in [7, 11) is 0. The normalized spacial score (nSPS) is 21.3. The lowest BCUT2D eigenvalue weighted by Crippen LogP contribution is -2.35. The fourth-order valence-corrected chi connectivity index (χ4v) is 4.14. The lowest BCUT2D eigenvalue weighted by Gasteiger charge is -2.38. The van der Waals surface area contributed by atoms with Gasteiger partial charge < -0.3 is 0 Å². The number of fused-ring (bicyclic) bond motifs is 1. The Hall–Kier alpha value is -1.48. The summed E-state index contributed by atoms with van der Waals surface area (Å²) in [6.45, 7) is 11.2. The van der Waals surface area contributed by atoms with E-state index >= 15 is 0 Å². The van der Waals surface area contributed by atoms with Gasteiger partial charge in [0.2, 0.25) is 0 Å². The Morgan fingerprint density at radius 1 is 1.17 bits per heavy atom. The second-order valence-corrected chi connectivity index (χ2v) is 7.84. The number of aromatic nitrogens is 2. The zero-order valence-electron chi connectivity index (χ0n) is 14.2. The molecule has 1 aromatic heterocycles. The SMILES string of the molecule is CC[C@@H]1c2cc(-c3c(F)cccc3Cl)nnc2C(C)(C)C1(C)C. The molecule has 1 atom stereocenters. The number of nitrogens with zero attached hydrogens (tertiary/aromatic N) is 2. The van der Waals surface area contributed by atoms with Crippen LogP contribution in [0, 0.1) is 11.2 Å². The van der Waals surface area contributed by atoms with Crippen LogP contribution in [0.4, 0.5) is 4.39 Å². The zero-order chi connectivity index (χ0) is 17.0. The van der Waals surface area contributed by atoms with Crippen molar-refractivity contribution in [1.82, 2.24) is 10.2 Å². The Morgan fingerprint density at radius 2 is 1.87 bits per heavy atom. The van der Waals surface area contributed by atoms with E-state index in [1.807, 2.05) is 6.07 Å². The van der Waals surface area contributed by atoms with Gasteiger partial charge in [-0.2, -0.15) is 10.2 Å². The van der Waals surface area contributed by atoms with Gasteiger partial charge in [-0.3, -0.25) is 0 Å². The minimum absolute atomic E-state index is 0.0659. The molecule has 0 spiro atoms. The van der Waals surface area contributed by atoms with Gasteiger partial charge in [-0.15, -0.1) is 0 Å². The highest BCUT2D eigenvalue weighted by atomic mass is 35.5. The molecule has 0 saturated carbocycles. The van der Waals surface area contributed by atoms with Crippen molar-refractivity contribution in [3.63, 3.8) is 0 Å². The van der Waals surface area contributed by atoms with E-state index < -0.39 is 0 Å². The third kappa shape index (κ3) is 2.20. The predicted octanol–water partition coefficient (Wildman–Crippen LogP) is 5.75. The number of hydrogen-bond donors (Lipinski definition) is 0. The second-order valence-electron chi connectivity index (χ2n) is 7.44. The van der Waals surface area contributed by atoms with E-state index in [0.29, 0.717) is 22.2 Å². The number of hydrogen-bond acceptors (Lipinski definition) is 2. The lowest BCUT2D eigenvalue weighted by atomic mass is 9.65. The summed E-state index contributed by atoms with van der Waals surface area (Å²) in [6, 6.07) is 6.67. The highest BCUT2D eigenvalue weighted by molar-refractivity contribution is 6.33. The average molecular weight is 333 g/mol. The van der Waals surface area contributed by atoms with Crippen molar-refractivity contribution in [1.29, 1.82) is 0 Å². The molecule has 122 valence electrons. The highest BCUT2D eigenvalue weighted by Gasteiger charge is 2.53. The second kappa shape index (κ2) is 5.27. The Bertz CT molecular complexity index is 748. The van der Waals surface area contributed by atoms with Gasteiger partial charge in [0.05, 0.1) is 22.0 Å². The molecule has 3 rings (SSSR count). The average Bonchev–Trinajstić information content (AvgIpc) is 2.61. The first kappa shape index (κ1) is 16.4. The van der Waals surface area contributed by atoms with E-state index in [1.165, 1.54) is 11.6 Å². The van der Waals surface area contributed by atoms with Gasteiger partial charge in [-0.1, -0.05) is 52.3 Å².